The molecule has 16 aromatic rings. The van der Waals surface area contributed by atoms with E-state index in [1.165, 1.54) is 351 Å². The SMILES string of the molecule is Cc1ccccc1-n1c(C)c(-c2ccccc2)[n+](C2CCCC2)c1-c1ccccc1.Cc1ccccc1-n1c(C)c(C)[n+](C2CCCC2)c1-c1ccccc1.Cc1ccccc1-n1c(C)c(C)[n+](C2CCCC2)c1-c1ccccc1.Cc1ccccc1-n1c(C)c(C2CCCC2)[n+](C2CCCC2)c1-c1ccccc1.Cc1ccccc1-n1c(C)c(C2CCCCC2)[n+](C2CCCC2)c1-c1ccccc1. The van der Waals surface area contributed by atoms with Crippen molar-refractivity contribution < 1.29 is 22.8 Å². The normalized spacial score (nSPS) is 16.2. The molecule has 139 heavy (non-hydrogen) atoms. The number of nitrogens with zero attached hydrogens (tertiary/aromatic N) is 10. The van der Waals surface area contributed by atoms with Gasteiger partial charge in [-0.3, -0.25) is 0 Å². The Morgan fingerprint density at radius 1 is 0.173 bits per heavy atom. The Morgan fingerprint density at radius 3 is 0.619 bits per heavy atom. The van der Waals surface area contributed by atoms with Crippen molar-refractivity contribution in [1.29, 1.82) is 0 Å². The Kier molecular flexibility index (Phi) is 30.1. The number of benzene rings is 11. The van der Waals surface area contributed by atoms with Crippen LogP contribution in [0.3, 0.4) is 0 Å². The summed E-state index contributed by atoms with van der Waals surface area (Å²) in [5.41, 5.74) is 35.3. The molecule has 10 heteroatoms. The molecule has 7 saturated carbocycles. The molecule has 0 N–H and O–H groups in total. The molecule has 11 aromatic carbocycles. The number of aromatic nitrogens is 10. The first-order valence-corrected chi connectivity index (χ1v) is 53.5. The molecule has 23 rings (SSSR count). The van der Waals surface area contributed by atoms with Gasteiger partial charge in [-0.15, -0.1) is 0 Å². The van der Waals surface area contributed by atoms with E-state index in [0.29, 0.717) is 42.0 Å². The Bertz CT molecular complexity index is 6670. The predicted octanol–water partition coefficient (Wildman–Crippen LogP) is 31.8. The van der Waals surface area contributed by atoms with Crippen molar-refractivity contribution in [2.24, 2.45) is 0 Å². The molecule has 0 spiro atoms. The fraction of sp³-hybridized carbons (Fsp3) is 0.372. The minimum atomic E-state index is 0.541. The smallest absolute Gasteiger partial charge is 0.224 e. The molecule has 7 aliphatic rings. The van der Waals surface area contributed by atoms with Crippen LogP contribution in [0.5, 0.6) is 0 Å². The molecule has 0 aliphatic heterocycles. The highest BCUT2D eigenvalue weighted by molar-refractivity contribution is 5.68. The van der Waals surface area contributed by atoms with E-state index in [4.69, 9.17) is 0 Å². The topological polar surface area (TPSA) is 44.0 Å². The van der Waals surface area contributed by atoms with Gasteiger partial charge in [0.15, 0.2) is 11.4 Å². The summed E-state index contributed by atoms with van der Waals surface area (Å²) >= 11 is 0. The van der Waals surface area contributed by atoms with Crippen molar-refractivity contribution in [2.45, 2.75) is 311 Å². The molecule has 0 atom stereocenters. The summed E-state index contributed by atoms with van der Waals surface area (Å²) in [4.78, 5) is 0. The third kappa shape index (κ3) is 19.6. The fourth-order valence-corrected chi connectivity index (χ4v) is 25.6. The minimum absolute atomic E-state index is 0.541. The third-order valence-electron chi connectivity index (χ3n) is 32.7. The van der Waals surface area contributed by atoms with Crippen molar-refractivity contribution in [2.75, 3.05) is 0 Å². The van der Waals surface area contributed by atoms with Gasteiger partial charge < -0.3 is 0 Å². The maximum absolute atomic E-state index is 2.81. The van der Waals surface area contributed by atoms with Crippen molar-refractivity contribution in [3.8, 4) is 96.6 Å². The second-order valence-electron chi connectivity index (χ2n) is 41.5. The van der Waals surface area contributed by atoms with Gasteiger partial charge in [0.2, 0.25) is 0 Å². The number of rotatable bonds is 18. The Labute approximate surface area is 830 Å². The van der Waals surface area contributed by atoms with E-state index in [1.54, 1.807) is 11.4 Å². The summed E-state index contributed by atoms with van der Waals surface area (Å²) in [7, 11) is 0. The molecule has 5 aromatic heterocycles. The minimum Gasteiger partial charge on any atom is -0.224 e. The van der Waals surface area contributed by atoms with E-state index in [-0.39, 0.29) is 0 Å². The van der Waals surface area contributed by atoms with Crippen LogP contribution in [0.15, 0.2) is 303 Å². The van der Waals surface area contributed by atoms with Crippen molar-refractivity contribution in [3.63, 3.8) is 0 Å². The lowest BCUT2D eigenvalue weighted by molar-refractivity contribution is -0.718. The van der Waals surface area contributed by atoms with E-state index < -0.39 is 0 Å². The first-order chi connectivity index (χ1) is 68.1. The van der Waals surface area contributed by atoms with E-state index in [1.807, 2.05) is 0 Å². The maximum Gasteiger partial charge on any atom is 0.295 e. The van der Waals surface area contributed by atoms with Crippen LogP contribution in [-0.2, 0) is 0 Å². The lowest BCUT2D eigenvalue weighted by Crippen LogP contribution is -2.44. The number of hydrogen-bond acceptors (Lipinski definition) is 0. The highest BCUT2D eigenvalue weighted by Crippen LogP contribution is 2.46. The standard InChI is InChI=1S/C28H35N2.C28H29N2.C27H33N2.2C23H27N2/c2*1-21-13-9-12-20-26(21)29-22(2)27(23-14-5-3-6-15-23)30(25-18-10-11-19-25)28(29)24-16-7-4-8-17-24;1-20-12-6-11-19-25(20)28-21(2)26(22-13-7-8-14-22)29(24-17-9-10-18-24)27(28)23-15-4-3-5-16-23;2*1-17-11-7-10-16-22(17)25-19(3)18(2)24(21-14-8-9-15-21)23(25)20-12-5-4-6-13-20/h4,7-9,12-13,16-17,20,23,25H,3,5-6,10-11,14-15,18-19H2,1-2H3;3-9,12-17,20,25H,10-11,18-19H2,1-2H3;3-6,11-12,15-16,19,22,24H,7-10,13-14,17-18H2,1-2H3;2*4-7,10-13,16,21H,8-9,14-15H2,1-3H3/q5*+1. The Morgan fingerprint density at radius 2 is 0.360 bits per heavy atom. The predicted molar refractivity (Wildman–Crippen MR) is 574 cm³/mol. The molecule has 0 saturated heterocycles. The summed E-state index contributed by atoms with van der Waals surface area (Å²) in [6.07, 6.45) is 38.8. The van der Waals surface area contributed by atoms with Gasteiger partial charge in [0.25, 0.3) is 29.1 Å². The number of para-hydroxylation sites is 5. The van der Waals surface area contributed by atoms with Gasteiger partial charge >= 0.3 is 0 Å². The average Bonchev–Trinajstić information content (AvgIpc) is 1.53. The average molecular weight is 1840 g/mol. The second kappa shape index (κ2) is 43.9. The van der Waals surface area contributed by atoms with Gasteiger partial charge in [0.05, 0.1) is 27.8 Å². The van der Waals surface area contributed by atoms with E-state index in [2.05, 4.69) is 432 Å². The maximum atomic E-state index is 2.81. The lowest BCUT2D eigenvalue weighted by atomic mass is 9.86. The third-order valence-corrected chi connectivity index (χ3v) is 32.7. The van der Waals surface area contributed by atoms with Crippen molar-refractivity contribution in [1.82, 2.24) is 22.8 Å². The quantitative estimate of drug-likeness (QED) is 0.0769. The number of hydrogen-bond donors (Lipinski definition) is 0. The Hall–Kier alpha value is -12.5. The molecule has 7 fully saturated rings. The number of aryl methyl sites for hydroxylation is 5. The number of imidazole rings is 5. The zero-order chi connectivity index (χ0) is 95.6. The van der Waals surface area contributed by atoms with Gasteiger partial charge in [0, 0.05) is 65.9 Å². The summed E-state index contributed by atoms with van der Waals surface area (Å²) in [6.45, 7) is 27.3. The fourth-order valence-electron chi connectivity index (χ4n) is 25.6. The van der Waals surface area contributed by atoms with Crippen LogP contribution in [0.4, 0.5) is 0 Å². The summed E-state index contributed by atoms with van der Waals surface area (Å²) in [5.74, 6) is 8.17. The van der Waals surface area contributed by atoms with Crippen LogP contribution in [0.1, 0.15) is 307 Å². The molecule has 0 unspecified atom stereocenters. The molecule has 5 heterocycles. The zero-order valence-corrected chi connectivity index (χ0v) is 85.4. The van der Waals surface area contributed by atoms with Crippen molar-refractivity contribution in [3.05, 3.63) is 382 Å². The first-order valence-electron chi connectivity index (χ1n) is 53.5. The second-order valence-corrected chi connectivity index (χ2v) is 41.5. The highest BCUT2D eigenvalue weighted by atomic mass is 15.2. The van der Waals surface area contributed by atoms with Gasteiger partial charge in [-0.25, -0.2) is 22.8 Å². The summed E-state index contributed by atoms with van der Waals surface area (Å²) in [5, 5.41) is 0. The molecule has 7 aliphatic carbocycles. The van der Waals surface area contributed by atoms with Crippen LogP contribution >= 0.6 is 0 Å². The van der Waals surface area contributed by atoms with Gasteiger partial charge in [-0.05, 0) is 308 Å². The lowest BCUT2D eigenvalue weighted by Gasteiger charge is -2.22. The molecule has 10 nitrogen and oxygen atoms in total. The summed E-state index contributed by atoms with van der Waals surface area (Å²) < 4.78 is 26.1. The zero-order valence-electron chi connectivity index (χ0n) is 85.4. The van der Waals surface area contributed by atoms with E-state index in [0.717, 1.165) is 0 Å². The van der Waals surface area contributed by atoms with Crippen LogP contribution in [0.2, 0.25) is 0 Å². The van der Waals surface area contributed by atoms with E-state index in [9.17, 15) is 0 Å². The first kappa shape index (κ1) is 95.4. The van der Waals surface area contributed by atoms with Gasteiger partial charge in [-0.2, -0.15) is 22.8 Å². The van der Waals surface area contributed by atoms with Crippen LogP contribution in [0, 0.1) is 83.1 Å². The largest absolute Gasteiger partial charge is 0.295 e. The van der Waals surface area contributed by atoms with E-state index >= 15 is 0 Å². The molecule has 0 amide bonds. The van der Waals surface area contributed by atoms with Crippen LogP contribution < -0.4 is 22.8 Å². The van der Waals surface area contributed by atoms with Gasteiger partial charge in [-0.1, -0.05) is 244 Å². The molecule has 0 bridgehead atoms. The van der Waals surface area contributed by atoms with Crippen LogP contribution in [0.25, 0.3) is 96.6 Å². The molecule has 0 radical (unpaired) electrons. The Balaban J connectivity index is 0.000000111. The molecule has 712 valence electrons. The van der Waals surface area contributed by atoms with Crippen LogP contribution in [-0.4, -0.2) is 22.8 Å². The monoisotopic (exact) mass is 1840 g/mol. The highest BCUT2D eigenvalue weighted by Gasteiger charge is 2.45. The van der Waals surface area contributed by atoms with Crippen molar-refractivity contribution >= 4 is 0 Å². The summed E-state index contributed by atoms with van der Waals surface area (Å²) in [6, 6.07) is 113. The molecular weight excluding hydrogens is 1690 g/mol. The van der Waals surface area contributed by atoms with Gasteiger partial charge in [0.1, 0.15) is 104 Å². The molecular formula is C129H151N10+5.